The molecule has 0 bridgehead atoms. The molecular weight excluding hydrogens is 286 g/mol. The van der Waals surface area contributed by atoms with Gasteiger partial charge in [-0.3, -0.25) is 14.9 Å². The molecule has 0 radical (unpaired) electrons. The van der Waals surface area contributed by atoms with Crippen molar-refractivity contribution in [1.29, 1.82) is 0 Å². The normalized spacial score (nSPS) is 11.8. The van der Waals surface area contributed by atoms with E-state index in [0.717, 1.165) is 11.1 Å². The number of rotatable bonds is 4. The molecule has 0 saturated heterocycles. The Labute approximate surface area is 125 Å². The van der Waals surface area contributed by atoms with Crippen molar-refractivity contribution < 1.29 is 10.0 Å². The molecule has 2 rings (SSSR count). The van der Waals surface area contributed by atoms with Crippen LogP contribution in [0.5, 0.6) is 5.88 Å². The molecule has 7 heteroatoms. The smallest absolute Gasteiger partial charge is 0.395 e. The van der Waals surface area contributed by atoms with Gasteiger partial charge in [-0.15, -0.1) is 0 Å². The van der Waals surface area contributed by atoms with Crippen molar-refractivity contribution in [3.63, 3.8) is 0 Å². The molecule has 112 valence electrons. The molecule has 22 heavy (non-hydrogen) atoms. The van der Waals surface area contributed by atoms with E-state index in [0.29, 0.717) is 0 Å². The number of nitrogens with zero attached hydrogens (tertiary/aromatic N) is 2. The molecule has 1 heterocycles. The third-order valence-corrected chi connectivity index (χ3v) is 2.78. The Morgan fingerprint density at radius 1 is 1.36 bits per heavy atom. The van der Waals surface area contributed by atoms with E-state index in [4.69, 9.17) is 0 Å². The largest absolute Gasteiger partial charge is 0.488 e. The molecule has 0 aliphatic heterocycles. The molecular formula is C15H13N3O4. The summed E-state index contributed by atoms with van der Waals surface area (Å²) < 4.78 is 0. The molecule has 0 atom stereocenters. The van der Waals surface area contributed by atoms with E-state index in [1.54, 1.807) is 6.08 Å². The first-order valence-electron chi connectivity index (χ1n) is 6.36. The molecule has 0 saturated carbocycles. The summed E-state index contributed by atoms with van der Waals surface area (Å²) >= 11 is 0. The van der Waals surface area contributed by atoms with Gasteiger partial charge in [0, 0.05) is 0 Å². The standard InChI is InChI=1S/C15H13N3O4/c1-10(9-11-5-3-2-4-6-11)7-8-12-16-14(19)13(18(21)22)15(20)17-12/h2-9H,1H3,(H2,16,17,19,20). The Kier molecular flexibility index (Phi) is 4.47. The quantitative estimate of drug-likeness (QED) is 0.512. The van der Waals surface area contributed by atoms with Crippen LogP contribution in [-0.4, -0.2) is 20.0 Å². The van der Waals surface area contributed by atoms with E-state index in [1.807, 2.05) is 43.3 Å². The maximum atomic E-state index is 11.5. The molecule has 0 unspecified atom stereocenters. The fourth-order valence-electron chi connectivity index (χ4n) is 1.79. The van der Waals surface area contributed by atoms with Crippen LogP contribution < -0.4 is 5.56 Å². The van der Waals surface area contributed by atoms with Gasteiger partial charge in [0.1, 0.15) is 5.82 Å². The van der Waals surface area contributed by atoms with Crippen LogP contribution >= 0.6 is 0 Å². The van der Waals surface area contributed by atoms with Crippen molar-refractivity contribution in [2.45, 2.75) is 6.92 Å². The Morgan fingerprint density at radius 3 is 2.64 bits per heavy atom. The average molecular weight is 299 g/mol. The Bertz CT molecular complexity index is 807. The summed E-state index contributed by atoms with van der Waals surface area (Å²) in [6.45, 7) is 1.85. The summed E-state index contributed by atoms with van der Waals surface area (Å²) in [6, 6.07) is 9.62. The number of allylic oxidation sites excluding steroid dienone is 2. The number of H-pyrrole nitrogens is 1. The SMILES string of the molecule is CC(C=Cc1nc(O)c([N+](=O)[O-])c(=O)[nH]1)=Cc1ccccc1. The number of nitro groups is 1. The maximum absolute atomic E-state index is 11.5. The minimum Gasteiger partial charge on any atom is -0.488 e. The van der Waals surface area contributed by atoms with Crippen LogP contribution in [0.25, 0.3) is 12.2 Å². The number of benzene rings is 1. The molecule has 0 spiro atoms. The molecule has 7 nitrogen and oxygen atoms in total. The second-order valence-electron chi connectivity index (χ2n) is 4.51. The summed E-state index contributed by atoms with van der Waals surface area (Å²) in [5, 5.41) is 20.0. The number of hydrogen-bond donors (Lipinski definition) is 2. The van der Waals surface area contributed by atoms with Gasteiger partial charge in [0.2, 0.25) is 0 Å². The summed E-state index contributed by atoms with van der Waals surface area (Å²) in [4.78, 5) is 26.9. The topological polar surface area (TPSA) is 109 Å². The predicted octanol–water partition coefficient (Wildman–Crippen LogP) is 2.50. The summed E-state index contributed by atoms with van der Waals surface area (Å²) in [5.74, 6) is -0.869. The Morgan fingerprint density at radius 2 is 2.05 bits per heavy atom. The molecule has 0 amide bonds. The number of aromatic nitrogens is 2. The van der Waals surface area contributed by atoms with Crippen molar-refractivity contribution in [1.82, 2.24) is 9.97 Å². The van der Waals surface area contributed by atoms with Crippen LogP contribution in [0.4, 0.5) is 5.69 Å². The van der Waals surface area contributed by atoms with Gasteiger partial charge < -0.3 is 10.1 Å². The van der Waals surface area contributed by atoms with Crippen LogP contribution in [0.15, 0.2) is 46.8 Å². The van der Waals surface area contributed by atoms with Gasteiger partial charge in [0.05, 0.1) is 4.92 Å². The molecule has 2 aromatic rings. The Balaban J connectivity index is 2.26. The minimum absolute atomic E-state index is 0.0360. The Hall–Kier alpha value is -3.22. The van der Waals surface area contributed by atoms with E-state index in [2.05, 4.69) is 9.97 Å². The zero-order chi connectivity index (χ0) is 16.1. The van der Waals surface area contributed by atoms with Crippen LogP contribution in [-0.2, 0) is 0 Å². The van der Waals surface area contributed by atoms with Gasteiger partial charge in [-0.25, -0.2) is 0 Å². The first-order valence-corrected chi connectivity index (χ1v) is 6.36. The first-order chi connectivity index (χ1) is 10.5. The van der Waals surface area contributed by atoms with Crippen molar-refractivity contribution >= 4 is 17.8 Å². The molecule has 0 fully saturated rings. The minimum atomic E-state index is -0.998. The van der Waals surface area contributed by atoms with Crippen LogP contribution in [0.1, 0.15) is 18.3 Å². The zero-order valence-corrected chi connectivity index (χ0v) is 11.7. The first kappa shape index (κ1) is 15.2. The van der Waals surface area contributed by atoms with Gasteiger partial charge in [0.15, 0.2) is 0 Å². The highest BCUT2D eigenvalue weighted by molar-refractivity contribution is 5.59. The summed E-state index contributed by atoms with van der Waals surface area (Å²) in [6.07, 6.45) is 5.05. The predicted molar refractivity (Wildman–Crippen MR) is 82.3 cm³/mol. The van der Waals surface area contributed by atoms with Crippen LogP contribution in [0.3, 0.4) is 0 Å². The van der Waals surface area contributed by atoms with E-state index in [-0.39, 0.29) is 5.82 Å². The van der Waals surface area contributed by atoms with Gasteiger partial charge >= 0.3 is 11.2 Å². The summed E-state index contributed by atoms with van der Waals surface area (Å²) in [5.41, 5.74) is -0.0696. The van der Waals surface area contributed by atoms with Gasteiger partial charge in [-0.1, -0.05) is 48.1 Å². The molecule has 1 aromatic carbocycles. The fraction of sp³-hybridized carbons (Fsp3) is 0.0667. The number of hydrogen-bond acceptors (Lipinski definition) is 5. The van der Waals surface area contributed by atoms with Gasteiger partial charge in [-0.05, 0) is 18.6 Å². The molecule has 1 aromatic heterocycles. The zero-order valence-electron chi connectivity index (χ0n) is 11.7. The van der Waals surface area contributed by atoms with Crippen molar-refractivity contribution in [2.24, 2.45) is 0 Å². The highest BCUT2D eigenvalue weighted by Gasteiger charge is 2.21. The van der Waals surface area contributed by atoms with Gasteiger partial charge in [-0.2, -0.15) is 4.98 Å². The lowest BCUT2D eigenvalue weighted by atomic mass is 10.1. The second kappa shape index (κ2) is 6.49. The third-order valence-electron chi connectivity index (χ3n) is 2.78. The van der Waals surface area contributed by atoms with E-state index in [9.17, 15) is 20.0 Å². The van der Waals surface area contributed by atoms with E-state index >= 15 is 0 Å². The lowest BCUT2D eigenvalue weighted by Crippen LogP contribution is -2.14. The van der Waals surface area contributed by atoms with Crippen molar-refractivity contribution in [3.05, 3.63) is 73.8 Å². The maximum Gasteiger partial charge on any atom is 0.395 e. The number of aromatic hydroxyl groups is 1. The molecule has 0 aliphatic carbocycles. The highest BCUT2D eigenvalue weighted by Crippen LogP contribution is 2.17. The summed E-state index contributed by atoms with van der Waals surface area (Å²) in [7, 11) is 0. The molecule has 0 aliphatic rings. The van der Waals surface area contributed by atoms with E-state index < -0.39 is 22.0 Å². The highest BCUT2D eigenvalue weighted by atomic mass is 16.6. The number of nitrogens with one attached hydrogen (secondary N) is 1. The van der Waals surface area contributed by atoms with Crippen LogP contribution in [0, 0.1) is 10.1 Å². The lowest BCUT2D eigenvalue weighted by molar-refractivity contribution is -0.387. The van der Waals surface area contributed by atoms with Crippen molar-refractivity contribution in [2.75, 3.05) is 0 Å². The third kappa shape index (κ3) is 3.66. The van der Waals surface area contributed by atoms with Crippen LogP contribution in [0.2, 0.25) is 0 Å². The second-order valence-corrected chi connectivity index (χ2v) is 4.51. The van der Waals surface area contributed by atoms with Gasteiger partial charge in [0.25, 0.3) is 5.88 Å². The van der Waals surface area contributed by atoms with E-state index in [1.165, 1.54) is 6.08 Å². The molecule has 2 N–H and O–H groups in total. The lowest BCUT2D eigenvalue weighted by Gasteiger charge is -1.97. The van der Waals surface area contributed by atoms with Crippen molar-refractivity contribution in [3.8, 4) is 5.88 Å². The fourth-order valence-corrected chi connectivity index (χ4v) is 1.79. The monoisotopic (exact) mass is 299 g/mol. The number of aromatic amines is 1. The average Bonchev–Trinajstić information content (AvgIpc) is 2.45.